The van der Waals surface area contributed by atoms with Crippen LogP contribution in [0.1, 0.15) is 66.7 Å². The minimum Gasteiger partial charge on any atom is -0.444 e. The Hall–Kier alpha value is -0.810. The quantitative estimate of drug-likeness (QED) is 0.770. The number of nitrogens with one attached hydrogen (secondary N) is 1. The van der Waals surface area contributed by atoms with Crippen LogP contribution in [0.25, 0.3) is 0 Å². The first-order chi connectivity index (χ1) is 11.2. The van der Waals surface area contributed by atoms with Crippen LogP contribution in [0.4, 0.5) is 4.79 Å². The molecule has 142 valence electrons. The first-order valence-electron chi connectivity index (χ1n) is 9.64. The fourth-order valence-electron chi connectivity index (χ4n) is 3.13. The highest BCUT2D eigenvalue weighted by molar-refractivity contribution is 5.68. The molecule has 2 atom stereocenters. The first-order valence-corrected chi connectivity index (χ1v) is 9.64. The van der Waals surface area contributed by atoms with Gasteiger partial charge in [0.25, 0.3) is 0 Å². The zero-order chi connectivity index (χ0) is 18.2. The van der Waals surface area contributed by atoms with Crippen molar-refractivity contribution in [2.75, 3.05) is 33.2 Å². The molecule has 0 spiro atoms. The van der Waals surface area contributed by atoms with Crippen LogP contribution in [0, 0.1) is 0 Å². The molecular weight excluding hydrogens is 302 g/mol. The lowest BCUT2D eigenvalue weighted by Gasteiger charge is -2.34. The predicted molar refractivity (Wildman–Crippen MR) is 100 cm³/mol. The summed E-state index contributed by atoms with van der Waals surface area (Å²) in [5.41, 5.74) is -0.428. The second-order valence-electron chi connectivity index (χ2n) is 8.16. The average Bonchev–Trinajstić information content (AvgIpc) is 2.70. The molecule has 0 aromatic rings. The summed E-state index contributed by atoms with van der Waals surface area (Å²) < 4.78 is 5.63. The third-order valence-electron chi connectivity index (χ3n) is 4.66. The topological polar surface area (TPSA) is 44.8 Å². The number of carbonyl (C=O) groups is 1. The van der Waals surface area contributed by atoms with Gasteiger partial charge in [-0.05, 0) is 60.5 Å². The zero-order valence-electron chi connectivity index (χ0n) is 16.7. The predicted octanol–water partition coefficient (Wildman–Crippen LogP) is 3.49. The van der Waals surface area contributed by atoms with Gasteiger partial charge >= 0.3 is 6.09 Å². The Kier molecular flexibility index (Phi) is 9.06. The van der Waals surface area contributed by atoms with E-state index in [1.54, 1.807) is 0 Å². The molecule has 0 bridgehead atoms. The summed E-state index contributed by atoms with van der Waals surface area (Å²) in [5.74, 6) is 0. The third kappa shape index (κ3) is 8.34. The van der Waals surface area contributed by atoms with Gasteiger partial charge in [-0.3, -0.25) is 0 Å². The van der Waals surface area contributed by atoms with Crippen molar-refractivity contribution < 1.29 is 9.53 Å². The average molecular weight is 342 g/mol. The summed E-state index contributed by atoms with van der Waals surface area (Å²) in [5, 5.41) is 3.60. The molecule has 0 aliphatic carbocycles. The Bertz CT molecular complexity index is 368. The van der Waals surface area contributed by atoms with Crippen LogP contribution in [0.2, 0.25) is 0 Å². The van der Waals surface area contributed by atoms with Gasteiger partial charge in [-0.1, -0.05) is 19.8 Å². The van der Waals surface area contributed by atoms with E-state index in [0.29, 0.717) is 6.04 Å². The van der Waals surface area contributed by atoms with Crippen LogP contribution in [-0.2, 0) is 4.74 Å². The van der Waals surface area contributed by atoms with E-state index < -0.39 is 5.60 Å². The molecule has 1 saturated heterocycles. The molecule has 0 aromatic heterocycles. The Labute approximate surface area is 149 Å². The second kappa shape index (κ2) is 10.2. The van der Waals surface area contributed by atoms with E-state index in [9.17, 15) is 4.79 Å². The first kappa shape index (κ1) is 21.2. The highest BCUT2D eigenvalue weighted by Crippen LogP contribution is 2.23. The number of likely N-dealkylation sites (N-methyl/N-ethyl adjacent to an activating group) is 1. The fraction of sp³-hybridized carbons (Fsp3) is 0.947. The summed E-state index contributed by atoms with van der Waals surface area (Å²) in [7, 11) is 2.14. The van der Waals surface area contributed by atoms with Crippen LogP contribution < -0.4 is 5.32 Å². The Balaban J connectivity index is 2.55. The lowest BCUT2D eigenvalue weighted by atomic mass is 10.0. The van der Waals surface area contributed by atoms with E-state index in [0.717, 1.165) is 45.4 Å². The number of carbonyl (C=O) groups excluding carboxylic acids is 1. The van der Waals surface area contributed by atoms with Crippen molar-refractivity contribution in [1.82, 2.24) is 15.1 Å². The van der Waals surface area contributed by atoms with Gasteiger partial charge in [0.15, 0.2) is 0 Å². The second-order valence-corrected chi connectivity index (χ2v) is 8.16. The molecule has 1 rings (SSSR count). The van der Waals surface area contributed by atoms with Crippen molar-refractivity contribution in [2.24, 2.45) is 0 Å². The third-order valence-corrected chi connectivity index (χ3v) is 4.66. The van der Waals surface area contributed by atoms with Crippen LogP contribution in [0.5, 0.6) is 0 Å². The fourth-order valence-corrected chi connectivity index (χ4v) is 3.13. The van der Waals surface area contributed by atoms with Gasteiger partial charge in [0.05, 0.1) is 0 Å². The van der Waals surface area contributed by atoms with Crippen molar-refractivity contribution in [2.45, 2.75) is 84.4 Å². The lowest BCUT2D eigenvalue weighted by Crippen LogP contribution is -2.46. The highest BCUT2D eigenvalue weighted by atomic mass is 16.6. The molecule has 0 radical (unpaired) electrons. The summed E-state index contributed by atoms with van der Waals surface area (Å²) in [4.78, 5) is 16.9. The van der Waals surface area contributed by atoms with Gasteiger partial charge in [0.1, 0.15) is 5.60 Å². The Morgan fingerprint density at radius 3 is 2.67 bits per heavy atom. The lowest BCUT2D eigenvalue weighted by molar-refractivity contribution is 0.0150. The van der Waals surface area contributed by atoms with E-state index in [-0.39, 0.29) is 12.1 Å². The largest absolute Gasteiger partial charge is 0.444 e. The number of rotatable bonds is 7. The van der Waals surface area contributed by atoms with Gasteiger partial charge in [-0.2, -0.15) is 0 Å². The van der Waals surface area contributed by atoms with Gasteiger partial charge in [-0.25, -0.2) is 4.79 Å². The molecule has 1 aliphatic heterocycles. The van der Waals surface area contributed by atoms with Gasteiger partial charge in [-0.15, -0.1) is 0 Å². The van der Waals surface area contributed by atoms with E-state index in [1.807, 2.05) is 25.7 Å². The van der Waals surface area contributed by atoms with Crippen molar-refractivity contribution in [3.05, 3.63) is 0 Å². The summed E-state index contributed by atoms with van der Waals surface area (Å²) in [6, 6.07) is 0.692. The van der Waals surface area contributed by atoms with E-state index in [4.69, 9.17) is 4.74 Å². The SMILES string of the molecule is CCN(C)CCNC(C)CC1CCCCCN1C(=O)OC(C)(C)C. The maximum atomic E-state index is 12.6. The van der Waals surface area contributed by atoms with Crippen LogP contribution in [-0.4, -0.2) is 66.8 Å². The van der Waals surface area contributed by atoms with E-state index in [2.05, 4.69) is 31.1 Å². The van der Waals surface area contributed by atoms with Crippen LogP contribution in [0.3, 0.4) is 0 Å². The molecule has 1 aliphatic rings. The van der Waals surface area contributed by atoms with Crippen molar-refractivity contribution >= 4 is 6.09 Å². The molecule has 5 nitrogen and oxygen atoms in total. The molecule has 1 N–H and O–H groups in total. The summed E-state index contributed by atoms with van der Waals surface area (Å²) in [6.07, 6.45) is 5.43. The molecule has 24 heavy (non-hydrogen) atoms. The molecule has 5 heteroatoms. The monoisotopic (exact) mass is 341 g/mol. The molecule has 1 fully saturated rings. The standard InChI is InChI=1S/C19H39N3O2/c1-7-21(6)14-12-20-16(2)15-17-11-9-8-10-13-22(17)18(23)24-19(3,4)5/h16-17,20H,7-15H2,1-6H3. The molecule has 1 amide bonds. The normalized spacial score (nSPS) is 20.8. The van der Waals surface area contributed by atoms with Crippen LogP contribution >= 0.6 is 0 Å². The van der Waals surface area contributed by atoms with Crippen molar-refractivity contribution in [3.63, 3.8) is 0 Å². The van der Waals surface area contributed by atoms with Crippen molar-refractivity contribution in [1.29, 1.82) is 0 Å². The number of ether oxygens (including phenoxy) is 1. The summed E-state index contributed by atoms with van der Waals surface area (Å²) >= 11 is 0. The number of nitrogens with zero attached hydrogens (tertiary/aromatic N) is 2. The number of hydrogen-bond acceptors (Lipinski definition) is 4. The maximum absolute atomic E-state index is 12.6. The molecule has 0 aromatic carbocycles. The van der Waals surface area contributed by atoms with Crippen LogP contribution in [0.15, 0.2) is 0 Å². The van der Waals surface area contributed by atoms with Gasteiger partial charge < -0.3 is 19.9 Å². The number of likely N-dealkylation sites (tertiary alicyclic amines) is 1. The summed E-state index contributed by atoms with van der Waals surface area (Å²) in [6.45, 7) is 14.2. The number of amides is 1. The minimum atomic E-state index is -0.428. The Morgan fingerprint density at radius 1 is 1.33 bits per heavy atom. The maximum Gasteiger partial charge on any atom is 0.410 e. The molecule has 1 heterocycles. The molecule has 2 unspecified atom stereocenters. The van der Waals surface area contributed by atoms with Gasteiger partial charge in [0.2, 0.25) is 0 Å². The van der Waals surface area contributed by atoms with Gasteiger partial charge in [0, 0.05) is 31.7 Å². The van der Waals surface area contributed by atoms with E-state index >= 15 is 0 Å². The highest BCUT2D eigenvalue weighted by Gasteiger charge is 2.30. The van der Waals surface area contributed by atoms with Crippen molar-refractivity contribution in [3.8, 4) is 0 Å². The molecule has 0 saturated carbocycles. The Morgan fingerprint density at radius 2 is 2.04 bits per heavy atom. The minimum absolute atomic E-state index is 0.146. The smallest absolute Gasteiger partial charge is 0.410 e. The molecular formula is C19H39N3O2. The zero-order valence-corrected chi connectivity index (χ0v) is 16.7. The number of hydrogen-bond donors (Lipinski definition) is 1. The van der Waals surface area contributed by atoms with E-state index in [1.165, 1.54) is 12.8 Å².